The molecule has 0 radical (unpaired) electrons. The molecule has 3 rings (SSSR count). The fourth-order valence-corrected chi connectivity index (χ4v) is 2.50. The van der Waals surface area contributed by atoms with Gasteiger partial charge in [0.25, 0.3) is 5.89 Å². The molecule has 1 aromatic heterocycles. The molecule has 1 heterocycles. The number of hydrogen-bond donors (Lipinski definition) is 0. The maximum atomic E-state index is 12.1. The molecule has 1 unspecified atom stereocenters. The van der Waals surface area contributed by atoms with E-state index in [1.54, 1.807) is 19.1 Å². The topological polar surface area (TPSA) is 65.2 Å². The summed E-state index contributed by atoms with van der Waals surface area (Å²) in [4.78, 5) is 12.1. The molecule has 1 atom stereocenters. The zero-order valence-corrected chi connectivity index (χ0v) is 14.7. The van der Waals surface area contributed by atoms with Crippen molar-refractivity contribution in [3.63, 3.8) is 0 Å². The van der Waals surface area contributed by atoms with Crippen molar-refractivity contribution >= 4 is 17.6 Å². The summed E-state index contributed by atoms with van der Waals surface area (Å²) in [7, 11) is 0. The van der Waals surface area contributed by atoms with Crippen molar-refractivity contribution in [2.45, 2.75) is 26.4 Å². The lowest BCUT2D eigenvalue weighted by Crippen LogP contribution is -2.12. The van der Waals surface area contributed by atoms with E-state index in [2.05, 4.69) is 10.2 Å². The molecular formula is C19H17ClN2O3. The number of rotatable bonds is 5. The Kier molecular flexibility index (Phi) is 5.14. The van der Waals surface area contributed by atoms with E-state index in [4.69, 9.17) is 20.8 Å². The molecule has 6 heteroatoms. The van der Waals surface area contributed by atoms with Gasteiger partial charge >= 0.3 is 5.97 Å². The highest BCUT2D eigenvalue weighted by Gasteiger charge is 2.19. The molecule has 0 aliphatic carbocycles. The first-order valence-corrected chi connectivity index (χ1v) is 8.24. The third-order valence-electron chi connectivity index (χ3n) is 3.69. The minimum atomic E-state index is -0.637. The molecular weight excluding hydrogens is 340 g/mol. The van der Waals surface area contributed by atoms with Crippen LogP contribution in [0.25, 0.3) is 11.5 Å². The number of carbonyl (C=O) groups is 1. The Balaban J connectivity index is 1.65. The summed E-state index contributed by atoms with van der Waals surface area (Å²) in [5, 5.41) is 8.52. The van der Waals surface area contributed by atoms with Crippen LogP contribution in [-0.4, -0.2) is 16.2 Å². The zero-order valence-electron chi connectivity index (χ0n) is 13.9. The number of aryl methyl sites for hydroxylation is 1. The van der Waals surface area contributed by atoms with Crippen molar-refractivity contribution in [2.24, 2.45) is 0 Å². The van der Waals surface area contributed by atoms with Crippen LogP contribution in [-0.2, 0) is 16.0 Å². The SMILES string of the molecule is Cc1ccc(-c2nnc(C(C)OC(=O)Cc3ccccc3Cl)o2)cc1. The van der Waals surface area contributed by atoms with Crippen molar-refractivity contribution in [1.29, 1.82) is 0 Å². The van der Waals surface area contributed by atoms with Crippen molar-refractivity contribution in [3.8, 4) is 11.5 Å². The normalized spacial score (nSPS) is 12.0. The number of aromatic nitrogens is 2. The monoisotopic (exact) mass is 356 g/mol. The predicted octanol–water partition coefficient (Wildman–Crippen LogP) is 4.55. The average molecular weight is 357 g/mol. The molecule has 0 fully saturated rings. The third kappa shape index (κ3) is 4.25. The minimum absolute atomic E-state index is 0.0863. The molecule has 0 saturated heterocycles. The van der Waals surface area contributed by atoms with Gasteiger partial charge in [-0.3, -0.25) is 4.79 Å². The lowest BCUT2D eigenvalue weighted by Gasteiger charge is -2.10. The number of nitrogens with zero attached hydrogens (tertiary/aromatic N) is 2. The van der Waals surface area contributed by atoms with Crippen molar-refractivity contribution in [3.05, 3.63) is 70.6 Å². The van der Waals surface area contributed by atoms with Crippen LogP contribution in [0.1, 0.15) is 30.0 Å². The highest BCUT2D eigenvalue weighted by Crippen LogP contribution is 2.23. The Hall–Kier alpha value is -2.66. The molecule has 3 aromatic rings. The van der Waals surface area contributed by atoms with Crippen LogP contribution < -0.4 is 0 Å². The number of halogens is 1. The van der Waals surface area contributed by atoms with Gasteiger partial charge in [0.1, 0.15) is 0 Å². The second-order valence-electron chi connectivity index (χ2n) is 5.71. The Bertz CT molecular complexity index is 874. The maximum absolute atomic E-state index is 12.1. The second-order valence-corrected chi connectivity index (χ2v) is 6.12. The molecule has 0 bridgehead atoms. The van der Waals surface area contributed by atoms with Crippen molar-refractivity contribution in [2.75, 3.05) is 0 Å². The standard InChI is InChI=1S/C19H17ClN2O3/c1-12-7-9-14(10-8-12)19-22-21-18(25-19)13(2)24-17(23)11-15-5-3-4-6-16(15)20/h3-10,13H,11H2,1-2H3. The number of benzene rings is 2. The Morgan fingerprint density at radius 3 is 2.60 bits per heavy atom. The molecule has 0 aliphatic rings. The van der Waals surface area contributed by atoms with E-state index in [0.29, 0.717) is 16.5 Å². The highest BCUT2D eigenvalue weighted by molar-refractivity contribution is 6.31. The molecule has 25 heavy (non-hydrogen) atoms. The summed E-state index contributed by atoms with van der Waals surface area (Å²) in [6, 6.07) is 14.9. The van der Waals surface area contributed by atoms with E-state index < -0.39 is 12.1 Å². The third-order valence-corrected chi connectivity index (χ3v) is 4.06. The molecule has 5 nitrogen and oxygen atoms in total. The lowest BCUT2D eigenvalue weighted by atomic mass is 10.1. The van der Waals surface area contributed by atoms with Crippen LogP contribution in [0.2, 0.25) is 5.02 Å². The van der Waals surface area contributed by atoms with Gasteiger partial charge in [-0.15, -0.1) is 10.2 Å². The van der Waals surface area contributed by atoms with E-state index in [1.807, 2.05) is 43.3 Å². The summed E-state index contributed by atoms with van der Waals surface area (Å²) in [6.07, 6.45) is -0.551. The van der Waals surface area contributed by atoms with Crippen molar-refractivity contribution < 1.29 is 13.9 Å². The van der Waals surface area contributed by atoms with E-state index in [0.717, 1.165) is 11.1 Å². The first-order valence-electron chi connectivity index (χ1n) is 7.86. The first kappa shape index (κ1) is 17.2. The Labute approximate surface area is 150 Å². The smallest absolute Gasteiger partial charge is 0.311 e. The fraction of sp³-hybridized carbons (Fsp3) is 0.211. The van der Waals surface area contributed by atoms with Gasteiger partial charge in [0.05, 0.1) is 6.42 Å². The average Bonchev–Trinajstić information content (AvgIpc) is 3.08. The van der Waals surface area contributed by atoms with Gasteiger partial charge in [-0.05, 0) is 37.6 Å². The van der Waals surface area contributed by atoms with Gasteiger partial charge in [-0.2, -0.15) is 0 Å². The van der Waals surface area contributed by atoms with Crippen LogP contribution in [0.3, 0.4) is 0 Å². The van der Waals surface area contributed by atoms with Gasteiger partial charge in [0.2, 0.25) is 5.89 Å². The van der Waals surface area contributed by atoms with Crippen LogP contribution in [0.15, 0.2) is 52.9 Å². The van der Waals surface area contributed by atoms with Gasteiger partial charge in [-0.25, -0.2) is 0 Å². The van der Waals surface area contributed by atoms with Crippen LogP contribution in [0.5, 0.6) is 0 Å². The van der Waals surface area contributed by atoms with E-state index in [-0.39, 0.29) is 12.3 Å². The molecule has 0 aliphatic heterocycles. The Morgan fingerprint density at radius 2 is 1.88 bits per heavy atom. The zero-order chi connectivity index (χ0) is 17.8. The summed E-state index contributed by atoms with van der Waals surface area (Å²) in [5.41, 5.74) is 2.68. The van der Waals surface area contributed by atoms with E-state index in [9.17, 15) is 4.79 Å². The predicted molar refractivity (Wildman–Crippen MR) is 94.1 cm³/mol. The molecule has 2 aromatic carbocycles. The van der Waals surface area contributed by atoms with Gasteiger partial charge in [-0.1, -0.05) is 47.5 Å². The number of ether oxygens (including phenoxy) is 1. The fourth-order valence-electron chi connectivity index (χ4n) is 2.30. The number of hydrogen-bond acceptors (Lipinski definition) is 5. The largest absolute Gasteiger partial charge is 0.452 e. The molecule has 0 spiro atoms. The van der Waals surface area contributed by atoms with E-state index in [1.165, 1.54) is 0 Å². The second kappa shape index (κ2) is 7.49. The summed E-state index contributed by atoms with van der Waals surface area (Å²) < 4.78 is 11.0. The van der Waals surface area contributed by atoms with Crippen molar-refractivity contribution in [1.82, 2.24) is 10.2 Å². The highest BCUT2D eigenvalue weighted by atomic mass is 35.5. The van der Waals surface area contributed by atoms with Crippen LogP contribution in [0, 0.1) is 6.92 Å². The Morgan fingerprint density at radius 1 is 1.16 bits per heavy atom. The molecule has 128 valence electrons. The van der Waals surface area contributed by atoms with Crippen LogP contribution in [0.4, 0.5) is 0 Å². The summed E-state index contributed by atoms with van der Waals surface area (Å²) in [6.45, 7) is 3.69. The minimum Gasteiger partial charge on any atom is -0.452 e. The molecule has 0 N–H and O–H groups in total. The first-order chi connectivity index (χ1) is 12.0. The summed E-state index contributed by atoms with van der Waals surface area (Å²) >= 11 is 6.06. The number of esters is 1. The van der Waals surface area contributed by atoms with Gasteiger partial charge in [0.15, 0.2) is 6.10 Å². The molecule has 0 saturated carbocycles. The number of carbonyl (C=O) groups excluding carboxylic acids is 1. The lowest BCUT2D eigenvalue weighted by molar-refractivity contribution is -0.148. The van der Waals surface area contributed by atoms with Crippen LogP contribution >= 0.6 is 11.6 Å². The summed E-state index contributed by atoms with van der Waals surface area (Å²) in [5.74, 6) is 0.239. The van der Waals surface area contributed by atoms with E-state index >= 15 is 0 Å². The van der Waals surface area contributed by atoms with Gasteiger partial charge < -0.3 is 9.15 Å². The molecule has 0 amide bonds. The quantitative estimate of drug-likeness (QED) is 0.627. The maximum Gasteiger partial charge on any atom is 0.311 e. The van der Waals surface area contributed by atoms with Gasteiger partial charge in [0, 0.05) is 10.6 Å².